The van der Waals surface area contributed by atoms with Gasteiger partial charge in [0.1, 0.15) is 59.3 Å². The van der Waals surface area contributed by atoms with E-state index in [9.17, 15) is 18.4 Å². The molecule has 2 saturated carbocycles. The molecule has 0 heterocycles. The van der Waals surface area contributed by atoms with Crippen LogP contribution in [0.5, 0.6) is 34.5 Å². The Morgan fingerprint density at radius 2 is 0.892 bits per heavy atom. The molecular formula is C55H56F2O8. The first-order valence-corrected chi connectivity index (χ1v) is 22.1. The average molecular weight is 883 g/mol. The molecule has 0 spiro atoms. The van der Waals surface area contributed by atoms with Gasteiger partial charge in [0.25, 0.3) is 0 Å². The molecule has 2 aliphatic rings. The second kappa shape index (κ2) is 21.3. The van der Waals surface area contributed by atoms with Crippen LogP contribution < -0.4 is 28.4 Å². The van der Waals surface area contributed by atoms with Gasteiger partial charge in [-0.25, -0.2) is 8.78 Å². The molecule has 8 nitrogen and oxygen atoms in total. The highest BCUT2D eigenvalue weighted by Gasteiger charge is 2.38. The Morgan fingerprint density at radius 1 is 0.492 bits per heavy atom. The largest absolute Gasteiger partial charge is 0.497 e. The fourth-order valence-electron chi connectivity index (χ4n) is 8.66. The SMILES string of the molecule is COc1ccc(COc2ccc(-c3cc(OC)ccc3F)c(C(=O)C3(C)CCCC3)c2)cc1.COc1ccc(COc2ccc(-c3cc(OC)ccc3F)c(C(=O)C3CCCC3)c2)cc1. The number of rotatable bonds is 16. The number of hydrogen-bond donors (Lipinski definition) is 0. The van der Waals surface area contributed by atoms with Crippen LogP contribution in [0, 0.1) is 23.0 Å². The second-order valence-electron chi connectivity index (χ2n) is 16.8. The summed E-state index contributed by atoms with van der Waals surface area (Å²) in [7, 11) is 6.33. The monoisotopic (exact) mass is 882 g/mol. The summed E-state index contributed by atoms with van der Waals surface area (Å²) in [5.74, 6) is 3.06. The van der Waals surface area contributed by atoms with E-state index in [1.807, 2.05) is 55.5 Å². The maximum atomic E-state index is 14.8. The molecule has 0 aromatic heterocycles. The van der Waals surface area contributed by atoms with Crippen LogP contribution in [0.2, 0.25) is 0 Å². The third-order valence-electron chi connectivity index (χ3n) is 12.5. The summed E-state index contributed by atoms with van der Waals surface area (Å²) >= 11 is 0. The van der Waals surface area contributed by atoms with Crippen LogP contribution in [0.1, 0.15) is 90.1 Å². The van der Waals surface area contributed by atoms with Gasteiger partial charge in [-0.3, -0.25) is 9.59 Å². The first kappa shape index (κ1) is 46.3. The Kier molecular flexibility index (Phi) is 15.2. The van der Waals surface area contributed by atoms with Crippen molar-refractivity contribution in [1.82, 2.24) is 0 Å². The lowest BCUT2D eigenvalue weighted by atomic mass is 9.78. The molecule has 0 radical (unpaired) electrons. The summed E-state index contributed by atoms with van der Waals surface area (Å²) in [4.78, 5) is 27.1. The Morgan fingerprint density at radius 3 is 1.34 bits per heavy atom. The highest BCUT2D eigenvalue weighted by atomic mass is 19.1. The molecule has 0 N–H and O–H groups in total. The van der Waals surface area contributed by atoms with Gasteiger partial charge in [-0.15, -0.1) is 0 Å². The van der Waals surface area contributed by atoms with Crippen molar-refractivity contribution in [2.24, 2.45) is 11.3 Å². The van der Waals surface area contributed by atoms with Crippen LogP contribution in [0.25, 0.3) is 22.3 Å². The van der Waals surface area contributed by atoms with Gasteiger partial charge < -0.3 is 28.4 Å². The Labute approximate surface area is 380 Å². The van der Waals surface area contributed by atoms with Gasteiger partial charge in [0.15, 0.2) is 11.6 Å². The van der Waals surface area contributed by atoms with E-state index in [2.05, 4.69) is 0 Å². The molecule has 2 fully saturated rings. The topological polar surface area (TPSA) is 89.5 Å². The molecule has 2 aliphatic carbocycles. The van der Waals surface area contributed by atoms with Gasteiger partial charge in [-0.1, -0.05) is 56.9 Å². The molecule has 6 aromatic carbocycles. The van der Waals surface area contributed by atoms with Crippen LogP contribution in [0.3, 0.4) is 0 Å². The van der Waals surface area contributed by atoms with E-state index in [1.165, 1.54) is 19.2 Å². The first-order valence-electron chi connectivity index (χ1n) is 22.1. The molecule has 0 unspecified atom stereocenters. The summed E-state index contributed by atoms with van der Waals surface area (Å²) in [6.45, 7) is 2.72. The van der Waals surface area contributed by atoms with Gasteiger partial charge in [0.2, 0.25) is 0 Å². The number of benzene rings is 6. The quantitative estimate of drug-likeness (QED) is 0.0888. The van der Waals surface area contributed by atoms with Gasteiger partial charge in [0.05, 0.1) is 28.4 Å². The standard InChI is InChI=1S/C28H29FO4.C27H27FO4/c1-28(14-4-5-15-28)27(30)25-17-22(33-18-19-6-8-20(31-2)9-7-19)10-12-23(25)24-16-21(32-3)11-13-26(24)29;1-30-20-9-7-18(8-10-20)17-32-22-11-13-23(24-15-21(31-2)12-14-26(24)28)25(16-22)27(29)19-5-3-4-6-19/h6-13,16-17H,4-5,14-15,18H2,1-3H3;7-16,19H,3-6,17H2,1-2H3. The minimum Gasteiger partial charge on any atom is -0.497 e. The summed E-state index contributed by atoms with van der Waals surface area (Å²) < 4.78 is 62.5. The minimum atomic E-state index is -0.446. The van der Waals surface area contributed by atoms with Crippen LogP contribution in [-0.4, -0.2) is 40.0 Å². The van der Waals surface area contributed by atoms with Crippen molar-refractivity contribution in [3.8, 4) is 56.8 Å². The summed E-state index contributed by atoms with van der Waals surface area (Å²) in [5, 5.41) is 0. The fourth-order valence-corrected chi connectivity index (χ4v) is 8.66. The Balaban J connectivity index is 0.000000194. The van der Waals surface area contributed by atoms with Crippen LogP contribution in [0.15, 0.2) is 121 Å². The fraction of sp³-hybridized carbons (Fsp3) is 0.309. The molecule has 10 heteroatoms. The van der Waals surface area contributed by atoms with E-state index in [0.29, 0.717) is 69.6 Å². The van der Waals surface area contributed by atoms with Crippen molar-refractivity contribution in [3.05, 3.63) is 155 Å². The number of ether oxygens (including phenoxy) is 6. The molecule has 0 bridgehead atoms. The lowest BCUT2D eigenvalue weighted by Gasteiger charge is -2.24. The van der Waals surface area contributed by atoms with Crippen LogP contribution in [-0.2, 0) is 13.2 Å². The summed E-state index contributed by atoms with van der Waals surface area (Å²) in [5.41, 5.74) is 4.32. The zero-order valence-corrected chi connectivity index (χ0v) is 37.7. The zero-order chi connectivity index (χ0) is 45.9. The maximum Gasteiger partial charge on any atom is 0.169 e. The minimum absolute atomic E-state index is 0.0285. The van der Waals surface area contributed by atoms with Crippen molar-refractivity contribution in [1.29, 1.82) is 0 Å². The molecule has 8 rings (SSSR count). The van der Waals surface area contributed by atoms with Gasteiger partial charge in [0, 0.05) is 33.6 Å². The number of halogens is 2. The molecule has 0 saturated heterocycles. The lowest BCUT2D eigenvalue weighted by Crippen LogP contribution is -2.25. The van der Waals surface area contributed by atoms with E-state index >= 15 is 0 Å². The summed E-state index contributed by atoms with van der Waals surface area (Å²) in [6, 6.07) is 35.0. The predicted octanol–water partition coefficient (Wildman–Crippen LogP) is 13.3. The predicted molar refractivity (Wildman–Crippen MR) is 249 cm³/mol. The molecule has 338 valence electrons. The number of carbonyl (C=O) groups is 2. The van der Waals surface area contributed by atoms with Gasteiger partial charge in [-0.2, -0.15) is 0 Å². The van der Waals surface area contributed by atoms with Crippen LogP contribution in [0.4, 0.5) is 8.78 Å². The normalized spacial score (nSPS) is 14.2. The van der Waals surface area contributed by atoms with E-state index < -0.39 is 17.0 Å². The molecule has 65 heavy (non-hydrogen) atoms. The Hall–Kier alpha value is -6.68. The van der Waals surface area contributed by atoms with Crippen molar-refractivity contribution in [2.45, 2.75) is 71.5 Å². The highest BCUT2D eigenvalue weighted by molar-refractivity contribution is 6.06. The number of ketones is 2. The zero-order valence-electron chi connectivity index (χ0n) is 37.7. The molecule has 0 aliphatic heterocycles. The number of Topliss-reactive ketones (excluding diaryl/α,β-unsaturated/α-hetero) is 2. The van der Waals surface area contributed by atoms with E-state index in [-0.39, 0.29) is 17.5 Å². The average Bonchev–Trinajstić information content (AvgIpc) is 4.07. The van der Waals surface area contributed by atoms with Crippen LogP contribution >= 0.6 is 0 Å². The number of methoxy groups -OCH3 is 4. The summed E-state index contributed by atoms with van der Waals surface area (Å²) in [6.07, 6.45) is 7.56. The van der Waals surface area contributed by atoms with Crippen molar-refractivity contribution >= 4 is 11.6 Å². The maximum absolute atomic E-state index is 14.8. The third kappa shape index (κ3) is 11.2. The van der Waals surface area contributed by atoms with Gasteiger partial charge >= 0.3 is 0 Å². The lowest BCUT2D eigenvalue weighted by molar-refractivity contribution is 0.0823. The van der Waals surface area contributed by atoms with Crippen molar-refractivity contribution in [2.75, 3.05) is 28.4 Å². The smallest absolute Gasteiger partial charge is 0.169 e. The molecule has 6 aromatic rings. The number of hydrogen-bond acceptors (Lipinski definition) is 8. The first-order chi connectivity index (χ1) is 31.5. The third-order valence-corrected chi connectivity index (χ3v) is 12.5. The van der Waals surface area contributed by atoms with Crippen molar-refractivity contribution in [3.63, 3.8) is 0 Å². The van der Waals surface area contributed by atoms with E-state index in [4.69, 9.17) is 28.4 Å². The molecular weight excluding hydrogens is 827 g/mol. The second-order valence-corrected chi connectivity index (χ2v) is 16.8. The van der Waals surface area contributed by atoms with E-state index in [1.54, 1.807) is 82.0 Å². The molecule has 0 amide bonds. The number of carbonyl (C=O) groups excluding carboxylic acids is 2. The van der Waals surface area contributed by atoms with E-state index in [0.717, 1.165) is 74.0 Å². The van der Waals surface area contributed by atoms with Crippen molar-refractivity contribution < 1.29 is 46.8 Å². The highest BCUT2D eigenvalue weighted by Crippen LogP contribution is 2.44. The molecule has 0 atom stereocenters. The van der Waals surface area contributed by atoms with Gasteiger partial charge in [-0.05, 0) is 145 Å². The Bertz CT molecular complexity index is 2580.